The minimum Gasteiger partial charge on any atom is -0.355 e. The van der Waals surface area contributed by atoms with E-state index < -0.39 is 4.92 Å². The van der Waals surface area contributed by atoms with Gasteiger partial charge in [-0.25, -0.2) is 0 Å². The van der Waals surface area contributed by atoms with Crippen LogP contribution < -0.4 is 10.2 Å². The molecule has 0 aliphatic carbocycles. The lowest BCUT2D eigenvalue weighted by atomic mass is 10.1. The molecule has 20 heavy (non-hydrogen) atoms. The van der Waals surface area contributed by atoms with E-state index in [1.165, 1.54) is 17.0 Å². The summed E-state index contributed by atoms with van der Waals surface area (Å²) in [6, 6.07) is 6.07. The zero-order valence-electron chi connectivity index (χ0n) is 12.2. The van der Waals surface area contributed by atoms with Gasteiger partial charge in [-0.05, 0) is 5.56 Å². The fraction of sp³-hybridized carbons (Fsp3) is 0.500. The molecule has 0 fully saturated rings. The van der Waals surface area contributed by atoms with Gasteiger partial charge in [0.15, 0.2) is 0 Å². The summed E-state index contributed by atoms with van der Waals surface area (Å²) in [6.07, 6.45) is 0.250. The molecule has 0 spiro atoms. The van der Waals surface area contributed by atoms with Gasteiger partial charge in [-0.15, -0.1) is 0 Å². The molecule has 1 rings (SSSR count). The van der Waals surface area contributed by atoms with E-state index in [1.807, 2.05) is 0 Å². The van der Waals surface area contributed by atoms with Crippen molar-refractivity contribution >= 4 is 11.6 Å². The Kier molecular flexibility index (Phi) is 6.11. The van der Waals surface area contributed by atoms with E-state index in [-0.39, 0.29) is 18.0 Å². The Morgan fingerprint density at radius 1 is 1.35 bits per heavy atom. The molecular weight excluding hydrogens is 258 g/mol. The first-order valence-electron chi connectivity index (χ1n) is 6.67. The van der Waals surface area contributed by atoms with Crippen LogP contribution in [0.25, 0.3) is 0 Å². The number of rotatable bonds is 7. The minimum atomic E-state index is -0.449. The number of hydrogen-bond donors (Lipinski definition) is 2. The molecule has 1 atom stereocenters. The molecule has 110 valence electrons. The van der Waals surface area contributed by atoms with Crippen molar-refractivity contribution in [1.82, 2.24) is 5.32 Å². The van der Waals surface area contributed by atoms with Crippen LogP contribution in [-0.4, -0.2) is 38.0 Å². The molecule has 2 N–H and O–H groups in total. The monoisotopic (exact) mass is 280 g/mol. The van der Waals surface area contributed by atoms with E-state index in [0.717, 1.165) is 12.1 Å². The number of quaternary nitrogens is 1. The van der Waals surface area contributed by atoms with Crippen LogP contribution in [0.3, 0.4) is 0 Å². The van der Waals surface area contributed by atoms with Gasteiger partial charge in [-0.3, -0.25) is 14.9 Å². The van der Waals surface area contributed by atoms with Crippen LogP contribution in [0.2, 0.25) is 0 Å². The molecule has 1 aromatic carbocycles. The number of nitro benzene ring substituents is 1. The molecule has 0 saturated carbocycles. The SMILES string of the molecule is C[C@@H](CNC(=O)Cc1ccc([N+](=O)[O-])cc1)C[NH+](C)C. The highest BCUT2D eigenvalue weighted by Crippen LogP contribution is 2.12. The van der Waals surface area contributed by atoms with E-state index in [2.05, 4.69) is 26.3 Å². The highest BCUT2D eigenvalue weighted by Gasteiger charge is 2.10. The van der Waals surface area contributed by atoms with Gasteiger partial charge in [0.25, 0.3) is 5.69 Å². The first-order valence-corrected chi connectivity index (χ1v) is 6.67. The Labute approximate surface area is 118 Å². The molecule has 1 aromatic rings. The quantitative estimate of drug-likeness (QED) is 0.546. The average Bonchev–Trinajstić information content (AvgIpc) is 2.36. The van der Waals surface area contributed by atoms with Gasteiger partial charge in [0.05, 0.1) is 32.0 Å². The summed E-state index contributed by atoms with van der Waals surface area (Å²) >= 11 is 0. The molecule has 1 amide bonds. The van der Waals surface area contributed by atoms with Gasteiger partial charge in [0.1, 0.15) is 0 Å². The first-order chi connectivity index (χ1) is 9.38. The van der Waals surface area contributed by atoms with Crippen LogP contribution in [-0.2, 0) is 11.2 Å². The van der Waals surface area contributed by atoms with Crippen LogP contribution in [0.5, 0.6) is 0 Å². The van der Waals surface area contributed by atoms with Crippen molar-refractivity contribution in [1.29, 1.82) is 0 Å². The standard InChI is InChI=1S/C14H21N3O3/c1-11(10-16(2)3)9-15-14(18)8-12-4-6-13(7-5-12)17(19)20/h4-7,11H,8-10H2,1-3H3,(H,15,18)/p+1/t11-/m0/s1. The third-order valence-corrected chi connectivity index (χ3v) is 2.92. The lowest BCUT2D eigenvalue weighted by molar-refractivity contribution is -0.861. The zero-order chi connectivity index (χ0) is 15.1. The molecular formula is C14H22N3O3+. The summed E-state index contributed by atoms with van der Waals surface area (Å²) in [4.78, 5) is 23.2. The lowest BCUT2D eigenvalue weighted by Crippen LogP contribution is -3.06. The highest BCUT2D eigenvalue weighted by molar-refractivity contribution is 5.78. The molecule has 0 aliphatic heterocycles. The second-order valence-electron chi connectivity index (χ2n) is 5.42. The Morgan fingerprint density at radius 2 is 1.95 bits per heavy atom. The Balaban J connectivity index is 2.40. The van der Waals surface area contributed by atoms with E-state index in [1.54, 1.807) is 12.1 Å². The van der Waals surface area contributed by atoms with Gasteiger partial charge in [-0.2, -0.15) is 0 Å². The van der Waals surface area contributed by atoms with Crippen molar-refractivity contribution in [3.63, 3.8) is 0 Å². The Hall–Kier alpha value is -1.95. The predicted molar refractivity (Wildman–Crippen MR) is 76.7 cm³/mol. The number of carbonyl (C=O) groups excluding carboxylic acids is 1. The maximum absolute atomic E-state index is 11.8. The summed E-state index contributed by atoms with van der Waals surface area (Å²) in [5, 5.41) is 13.4. The molecule has 0 heterocycles. The summed E-state index contributed by atoms with van der Waals surface area (Å²) in [6.45, 7) is 3.74. The van der Waals surface area contributed by atoms with E-state index in [4.69, 9.17) is 0 Å². The molecule has 0 saturated heterocycles. The number of benzene rings is 1. The van der Waals surface area contributed by atoms with Crippen molar-refractivity contribution in [3.8, 4) is 0 Å². The van der Waals surface area contributed by atoms with E-state index in [0.29, 0.717) is 12.5 Å². The molecule has 6 nitrogen and oxygen atoms in total. The minimum absolute atomic E-state index is 0.0386. The predicted octanol–water partition coefficient (Wildman–Crippen LogP) is 0.0341. The third-order valence-electron chi connectivity index (χ3n) is 2.92. The number of non-ortho nitro benzene ring substituents is 1. The number of nitrogens with zero attached hydrogens (tertiary/aromatic N) is 1. The van der Waals surface area contributed by atoms with Gasteiger partial charge < -0.3 is 10.2 Å². The second kappa shape index (κ2) is 7.59. The van der Waals surface area contributed by atoms with Crippen molar-refractivity contribution in [3.05, 3.63) is 39.9 Å². The van der Waals surface area contributed by atoms with Gasteiger partial charge in [0.2, 0.25) is 5.91 Å². The fourth-order valence-electron chi connectivity index (χ4n) is 2.04. The molecule has 0 bridgehead atoms. The summed E-state index contributed by atoms with van der Waals surface area (Å²) < 4.78 is 0. The number of carbonyl (C=O) groups is 1. The summed E-state index contributed by atoms with van der Waals surface area (Å²) in [5.41, 5.74) is 0.815. The highest BCUT2D eigenvalue weighted by atomic mass is 16.6. The van der Waals surface area contributed by atoms with E-state index >= 15 is 0 Å². The van der Waals surface area contributed by atoms with Crippen molar-refractivity contribution in [2.45, 2.75) is 13.3 Å². The number of nitro groups is 1. The molecule has 0 aliphatic rings. The smallest absolute Gasteiger partial charge is 0.269 e. The second-order valence-corrected chi connectivity index (χ2v) is 5.42. The largest absolute Gasteiger partial charge is 0.355 e. The van der Waals surface area contributed by atoms with Crippen LogP contribution in [0, 0.1) is 16.0 Å². The van der Waals surface area contributed by atoms with E-state index in [9.17, 15) is 14.9 Å². The number of nitrogens with one attached hydrogen (secondary N) is 2. The van der Waals surface area contributed by atoms with Gasteiger partial charge >= 0.3 is 0 Å². The maximum Gasteiger partial charge on any atom is 0.269 e. The summed E-state index contributed by atoms with van der Waals surface area (Å²) in [7, 11) is 4.16. The van der Waals surface area contributed by atoms with Crippen molar-refractivity contribution in [2.75, 3.05) is 27.2 Å². The number of hydrogen-bond acceptors (Lipinski definition) is 3. The fourth-order valence-corrected chi connectivity index (χ4v) is 2.04. The third kappa shape index (κ3) is 5.79. The molecule has 0 radical (unpaired) electrons. The van der Waals surface area contributed by atoms with Crippen LogP contribution in [0.4, 0.5) is 5.69 Å². The van der Waals surface area contributed by atoms with Gasteiger partial charge in [-0.1, -0.05) is 19.1 Å². The molecule has 0 aromatic heterocycles. The molecule has 6 heteroatoms. The van der Waals surface area contributed by atoms with Crippen LogP contribution in [0.1, 0.15) is 12.5 Å². The van der Waals surface area contributed by atoms with Gasteiger partial charge in [0, 0.05) is 24.6 Å². The normalized spacial score (nSPS) is 12.2. The number of amides is 1. The lowest BCUT2D eigenvalue weighted by Gasteiger charge is -2.15. The topological polar surface area (TPSA) is 76.7 Å². The van der Waals surface area contributed by atoms with Crippen LogP contribution >= 0.6 is 0 Å². The molecule has 0 unspecified atom stereocenters. The average molecular weight is 280 g/mol. The Bertz CT molecular complexity index is 457. The van der Waals surface area contributed by atoms with Crippen molar-refractivity contribution < 1.29 is 14.6 Å². The van der Waals surface area contributed by atoms with Crippen molar-refractivity contribution in [2.24, 2.45) is 5.92 Å². The Morgan fingerprint density at radius 3 is 2.45 bits per heavy atom. The van der Waals surface area contributed by atoms with Crippen LogP contribution in [0.15, 0.2) is 24.3 Å². The zero-order valence-corrected chi connectivity index (χ0v) is 12.2. The first kappa shape index (κ1) is 16.1. The summed E-state index contributed by atoms with van der Waals surface area (Å²) in [5.74, 6) is 0.361. The maximum atomic E-state index is 11.8.